The summed E-state index contributed by atoms with van der Waals surface area (Å²) in [7, 11) is 0. The van der Waals surface area contributed by atoms with Crippen LogP contribution in [-0.4, -0.2) is 23.4 Å². The molecule has 8 nitrogen and oxygen atoms in total. The van der Waals surface area contributed by atoms with E-state index in [9.17, 15) is 18.8 Å². The molecule has 3 amide bonds. The molecule has 2 aromatic carbocycles. The number of rotatable bonds is 4. The summed E-state index contributed by atoms with van der Waals surface area (Å²) >= 11 is 3.34. The molecule has 0 saturated heterocycles. The zero-order valence-electron chi connectivity index (χ0n) is 18.1. The number of fused-ring (bicyclic) bond motifs is 1. The molecule has 0 saturated carbocycles. The molecule has 34 heavy (non-hydrogen) atoms. The van der Waals surface area contributed by atoms with Crippen LogP contribution in [-0.2, 0) is 6.42 Å². The minimum absolute atomic E-state index is 0.00515. The van der Waals surface area contributed by atoms with Gasteiger partial charge in [-0.25, -0.2) is 9.82 Å². The van der Waals surface area contributed by atoms with Gasteiger partial charge in [0.2, 0.25) is 0 Å². The monoisotopic (exact) mass is 526 g/mol. The molecule has 3 aromatic rings. The fourth-order valence-corrected chi connectivity index (χ4v) is 4.17. The SMILES string of the molecule is Cc1c(C(=O)NNC(=O)c2ccccc2F)oc2c1/C(=N/NC(=O)c1ccccc1Br)CCC2. The Hall–Kier alpha value is -3.79. The number of carbonyl (C=O) groups is 3. The number of hydrogen-bond donors (Lipinski definition) is 3. The predicted octanol–water partition coefficient (Wildman–Crippen LogP) is 4.03. The highest BCUT2D eigenvalue weighted by Gasteiger charge is 2.28. The molecule has 1 aromatic heterocycles. The molecule has 0 aliphatic heterocycles. The fraction of sp³-hybridized carbons (Fsp3) is 0.167. The van der Waals surface area contributed by atoms with Gasteiger partial charge in [0.25, 0.3) is 11.8 Å². The van der Waals surface area contributed by atoms with E-state index in [1.54, 1.807) is 31.2 Å². The van der Waals surface area contributed by atoms with Gasteiger partial charge in [0.15, 0.2) is 5.76 Å². The van der Waals surface area contributed by atoms with Crippen LogP contribution in [0.1, 0.15) is 61.0 Å². The summed E-state index contributed by atoms with van der Waals surface area (Å²) in [4.78, 5) is 37.3. The summed E-state index contributed by atoms with van der Waals surface area (Å²) in [5.74, 6) is -1.98. The predicted molar refractivity (Wildman–Crippen MR) is 126 cm³/mol. The number of nitrogens with zero attached hydrogens (tertiary/aromatic N) is 1. The van der Waals surface area contributed by atoms with Crippen LogP contribution in [0.25, 0.3) is 0 Å². The number of hydrogen-bond acceptors (Lipinski definition) is 5. The first kappa shape index (κ1) is 23.4. The quantitative estimate of drug-likeness (QED) is 0.445. The average molecular weight is 527 g/mol. The first-order valence-electron chi connectivity index (χ1n) is 10.5. The maximum atomic E-state index is 13.8. The summed E-state index contributed by atoms with van der Waals surface area (Å²) < 4.78 is 20.2. The van der Waals surface area contributed by atoms with Gasteiger partial charge in [-0.2, -0.15) is 5.10 Å². The van der Waals surface area contributed by atoms with Gasteiger partial charge < -0.3 is 4.42 Å². The third kappa shape index (κ3) is 4.76. The number of amides is 3. The van der Waals surface area contributed by atoms with Crippen molar-refractivity contribution in [3.63, 3.8) is 0 Å². The molecular formula is C24H20BrFN4O4. The molecule has 0 bridgehead atoms. The molecule has 4 rings (SSSR count). The zero-order valence-corrected chi connectivity index (χ0v) is 19.7. The van der Waals surface area contributed by atoms with Crippen LogP contribution >= 0.6 is 15.9 Å². The minimum Gasteiger partial charge on any atom is -0.455 e. The first-order valence-corrected chi connectivity index (χ1v) is 11.3. The lowest BCUT2D eigenvalue weighted by Crippen LogP contribution is -2.42. The summed E-state index contributed by atoms with van der Waals surface area (Å²) in [6.07, 6.45) is 1.92. The van der Waals surface area contributed by atoms with Crippen molar-refractivity contribution in [1.29, 1.82) is 0 Å². The number of hydrazine groups is 1. The van der Waals surface area contributed by atoms with Gasteiger partial charge >= 0.3 is 5.91 Å². The van der Waals surface area contributed by atoms with Crippen molar-refractivity contribution in [2.45, 2.75) is 26.2 Å². The maximum absolute atomic E-state index is 13.8. The highest BCUT2D eigenvalue weighted by molar-refractivity contribution is 9.10. The van der Waals surface area contributed by atoms with Gasteiger partial charge in [-0.15, -0.1) is 0 Å². The van der Waals surface area contributed by atoms with E-state index in [4.69, 9.17) is 4.42 Å². The number of benzene rings is 2. The van der Waals surface area contributed by atoms with Crippen molar-refractivity contribution in [1.82, 2.24) is 16.3 Å². The van der Waals surface area contributed by atoms with Crippen molar-refractivity contribution in [2.24, 2.45) is 5.10 Å². The summed E-state index contributed by atoms with van der Waals surface area (Å²) in [5.41, 5.74) is 9.03. The Morgan fingerprint density at radius 2 is 1.62 bits per heavy atom. The van der Waals surface area contributed by atoms with Crippen LogP contribution in [0.3, 0.4) is 0 Å². The molecule has 1 aliphatic rings. The van der Waals surface area contributed by atoms with E-state index < -0.39 is 17.6 Å². The Balaban J connectivity index is 1.50. The van der Waals surface area contributed by atoms with E-state index in [2.05, 4.69) is 37.3 Å². The molecule has 10 heteroatoms. The Morgan fingerprint density at radius 1 is 0.941 bits per heavy atom. The van der Waals surface area contributed by atoms with Gasteiger partial charge in [-0.3, -0.25) is 25.2 Å². The maximum Gasteiger partial charge on any atom is 0.305 e. The summed E-state index contributed by atoms with van der Waals surface area (Å²) in [6, 6.07) is 12.4. The molecule has 1 aliphatic carbocycles. The van der Waals surface area contributed by atoms with Crippen LogP contribution in [0.15, 0.2) is 62.5 Å². The average Bonchev–Trinajstić information content (AvgIpc) is 3.18. The highest BCUT2D eigenvalue weighted by atomic mass is 79.9. The van der Waals surface area contributed by atoms with Gasteiger partial charge in [-0.05, 0) is 60.0 Å². The van der Waals surface area contributed by atoms with Crippen molar-refractivity contribution < 1.29 is 23.2 Å². The Bertz CT molecular complexity index is 1320. The molecule has 3 N–H and O–H groups in total. The van der Waals surface area contributed by atoms with E-state index in [0.29, 0.717) is 45.5 Å². The number of carbonyl (C=O) groups excluding carboxylic acids is 3. The lowest BCUT2D eigenvalue weighted by atomic mass is 9.93. The Labute approximate surface area is 202 Å². The Kier molecular flexibility index (Phi) is 6.87. The van der Waals surface area contributed by atoms with Gasteiger partial charge in [0.05, 0.1) is 16.8 Å². The third-order valence-corrected chi connectivity index (χ3v) is 6.04. The second-order valence-corrected chi connectivity index (χ2v) is 8.43. The summed E-state index contributed by atoms with van der Waals surface area (Å²) in [6.45, 7) is 1.70. The van der Waals surface area contributed by atoms with Crippen LogP contribution < -0.4 is 16.3 Å². The van der Waals surface area contributed by atoms with E-state index in [1.807, 2.05) is 0 Å². The number of hydrazone groups is 1. The van der Waals surface area contributed by atoms with Crippen LogP contribution in [0, 0.1) is 12.7 Å². The minimum atomic E-state index is -0.794. The standard InChI is InChI=1S/C24H20BrFN4O4/c1-13-20-18(27-28-22(31)14-7-2-4-9-16(14)25)11-6-12-19(20)34-21(13)24(33)30-29-23(32)15-8-3-5-10-17(15)26/h2-5,7-10H,6,11-12H2,1H3,(H,28,31)(H,29,32)(H,30,33)/b27-18+. The van der Waals surface area contributed by atoms with Gasteiger partial charge in [0.1, 0.15) is 11.6 Å². The number of furan rings is 1. The topological polar surface area (TPSA) is 113 Å². The normalized spacial score (nSPS) is 13.8. The largest absolute Gasteiger partial charge is 0.455 e. The van der Waals surface area contributed by atoms with Crippen LogP contribution in [0.4, 0.5) is 4.39 Å². The first-order chi connectivity index (χ1) is 16.4. The van der Waals surface area contributed by atoms with Crippen molar-refractivity contribution in [3.05, 3.63) is 92.6 Å². The number of aryl methyl sites for hydroxylation is 1. The third-order valence-electron chi connectivity index (χ3n) is 5.35. The second-order valence-electron chi connectivity index (χ2n) is 7.58. The summed E-state index contributed by atoms with van der Waals surface area (Å²) in [5, 5.41) is 4.29. The zero-order chi connectivity index (χ0) is 24.2. The lowest BCUT2D eigenvalue weighted by Gasteiger charge is -2.13. The van der Waals surface area contributed by atoms with Crippen molar-refractivity contribution in [2.75, 3.05) is 0 Å². The molecule has 0 spiro atoms. The van der Waals surface area contributed by atoms with E-state index in [0.717, 1.165) is 12.5 Å². The molecule has 0 radical (unpaired) electrons. The van der Waals surface area contributed by atoms with Crippen molar-refractivity contribution >= 4 is 39.4 Å². The highest BCUT2D eigenvalue weighted by Crippen LogP contribution is 2.30. The second kappa shape index (κ2) is 10.0. The molecule has 174 valence electrons. The number of halogens is 2. The van der Waals surface area contributed by atoms with Crippen LogP contribution in [0.2, 0.25) is 0 Å². The smallest absolute Gasteiger partial charge is 0.305 e. The number of nitrogens with one attached hydrogen (secondary N) is 3. The Morgan fingerprint density at radius 3 is 2.35 bits per heavy atom. The van der Waals surface area contributed by atoms with Crippen LogP contribution in [0.5, 0.6) is 0 Å². The molecule has 0 fully saturated rings. The lowest BCUT2D eigenvalue weighted by molar-refractivity contribution is 0.0827. The molecular weight excluding hydrogens is 507 g/mol. The molecule has 1 heterocycles. The van der Waals surface area contributed by atoms with E-state index in [-0.39, 0.29) is 17.2 Å². The molecule has 0 atom stereocenters. The van der Waals surface area contributed by atoms with E-state index >= 15 is 0 Å². The van der Waals surface area contributed by atoms with Crippen molar-refractivity contribution in [3.8, 4) is 0 Å². The van der Waals surface area contributed by atoms with E-state index in [1.165, 1.54) is 18.2 Å². The van der Waals surface area contributed by atoms with Gasteiger partial charge in [-0.1, -0.05) is 24.3 Å². The van der Waals surface area contributed by atoms with Gasteiger partial charge in [0, 0.05) is 22.0 Å². The fourth-order valence-electron chi connectivity index (χ4n) is 3.70. The molecule has 0 unspecified atom stereocenters.